The van der Waals surface area contributed by atoms with Crippen molar-refractivity contribution in [1.29, 1.82) is 0 Å². The minimum absolute atomic E-state index is 0. The maximum Gasteiger partial charge on any atom is 0.371 e. The predicted octanol–water partition coefficient (Wildman–Crippen LogP) is 1.23. The molecule has 0 aromatic carbocycles. The zero-order chi connectivity index (χ0) is 10.8. The van der Waals surface area contributed by atoms with Gasteiger partial charge in [-0.05, 0) is 18.2 Å². The van der Waals surface area contributed by atoms with E-state index in [1.165, 1.54) is 6.07 Å². The third-order valence-corrected chi connectivity index (χ3v) is 1.85. The fourth-order valence-corrected chi connectivity index (χ4v) is 1.20. The van der Waals surface area contributed by atoms with E-state index in [1.54, 1.807) is 23.0 Å². The van der Waals surface area contributed by atoms with Crippen LogP contribution in [-0.4, -0.2) is 20.9 Å². The number of hydrogen-bond donors (Lipinski definition) is 2. The van der Waals surface area contributed by atoms with Gasteiger partial charge in [0.2, 0.25) is 5.76 Å². The number of aromatic nitrogens is 2. The number of aromatic carboxylic acids is 1. The zero-order valence-electron chi connectivity index (χ0n) is 8.16. The number of furan rings is 1. The van der Waals surface area contributed by atoms with Gasteiger partial charge >= 0.3 is 5.97 Å². The molecule has 0 amide bonds. The van der Waals surface area contributed by atoms with Crippen molar-refractivity contribution in [2.45, 2.75) is 6.54 Å². The standard InChI is InChI=1S/C9H9N3O3.ClH/c10-8-3-4-12(11-8)5-6-1-2-7(15-6)9(13)14;/h1-4H,5H2,(H2,10,11)(H,13,14);1H. The predicted molar refractivity (Wildman–Crippen MR) is 58.7 cm³/mol. The summed E-state index contributed by atoms with van der Waals surface area (Å²) in [5.41, 5.74) is 5.43. The van der Waals surface area contributed by atoms with E-state index in [2.05, 4.69) is 5.10 Å². The Morgan fingerprint density at radius 1 is 1.50 bits per heavy atom. The van der Waals surface area contributed by atoms with Crippen LogP contribution in [-0.2, 0) is 6.54 Å². The van der Waals surface area contributed by atoms with Crippen molar-refractivity contribution in [3.05, 3.63) is 35.9 Å². The number of carboxylic acids is 1. The molecule has 0 fully saturated rings. The molecule has 0 bridgehead atoms. The maximum atomic E-state index is 10.5. The van der Waals surface area contributed by atoms with Gasteiger partial charge in [-0.3, -0.25) is 4.68 Å². The lowest BCUT2D eigenvalue weighted by atomic mass is 10.4. The fourth-order valence-electron chi connectivity index (χ4n) is 1.20. The van der Waals surface area contributed by atoms with E-state index in [-0.39, 0.29) is 18.2 Å². The minimum atomic E-state index is -1.08. The summed E-state index contributed by atoms with van der Waals surface area (Å²) in [7, 11) is 0. The van der Waals surface area contributed by atoms with Gasteiger partial charge in [0, 0.05) is 6.20 Å². The van der Waals surface area contributed by atoms with Crippen molar-refractivity contribution in [3.63, 3.8) is 0 Å². The first-order valence-corrected chi connectivity index (χ1v) is 4.26. The molecule has 3 N–H and O–H groups in total. The average Bonchev–Trinajstić information content (AvgIpc) is 2.76. The second-order valence-corrected chi connectivity index (χ2v) is 3.01. The van der Waals surface area contributed by atoms with E-state index in [0.29, 0.717) is 18.1 Å². The Hall–Kier alpha value is -1.95. The average molecular weight is 244 g/mol. The van der Waals surface area contributed by atoms with Crippen molar-refractivity contribution >= 4 is 24.2 Å². The molecule has 0 spiro atoms. The van der Waals surface area contributed by atoms with E-state index in [9.17, 15) is 4.79 Å². The third-order valence-electron chi connectivity index (χ3n) is 1.85. The third kappa shape index (κ3) is 2.54. The van der Waals surface area contributed by atoms with Crippen LogP contribution >= 0.6 is 12.4 Å². The lowest BCUT2D eigenvalue weighted by Crippen LogP contribution is -2.00. The first kappa shape index (κ1) is 12.1. The van der Waals surface area contributed by atoms with Gasteiger partial charge in [-0.2, -0.15) is 5.10 Å². The van der Waals surface area contributed by atoms with E-state index < -0.39 is 5.97 Å². The number of halogens is 1. The van der Waals surface area contributed by atoms with E-state index >= 15 is 0 Å². The zero-order valence-corrected chi connectivity index (χ0v) is 8.98. The van der Waals surface area contributed by atoms with Gasteiger partial charge in [-0.1, -0.05) is 0 Å². The molecule has 7 heteroatoms. The second kappa shape index (κ2) is 4.71. The maximum absolute atomic E-state index is 10.5. The van der Waals surface area contributed by atoms with Crippen LogP contribution in [0.2, 0.25) is 0 Å². The topological polar surface area (TPSA) is 94.3 Å². The van der Waals surface area contributed by atoms with Crippen LogP contribution in [0, 0.1) is 0 Å². The summed E-state index contributed by atoms with van der Waals surface area (Å²) in [6.07, 6.45) is 1.69. The largest absolute Gasteiger partial charge is 0.475 e. The Labute approximate surface area is 97.1 Å². The van der Waals surface area contributed by atoms with Crippen LogP contribution in [0.1, 0.15) is 16.3 Å². The number of rotatable bonds is 3. The van der Waals surface area contributed by atoms with Crippen molar-refractivity contribution in [2.75, 3.05) is 5.73 Å². The van der Waals surface area contributed by atoms with Crippen molar-refractivity contribution < 1.29 is 14.3 Å². The molecule has 0 saturated carbocycles. The first-order chi connectivity index (χ1) is 7.15. The molecule has 16 heavy (non-hydrogen) atoms. The highest BCUT2D eigenvalue weighted by Gasteiger charge is 2.09. The van der Waals surface area contributed by atoms with Crippen molar-refractivity contribution in [1.82, 2.24) is 9.78 Å². The lowest BCUT2D eigenvalue weighted by Gasteiger charge is -1.96. The first-order valence-electron chi connectivity index (χ1n) is 4.26. The van der Waals surface area contributed by atoms with Crippen LogP contribution < -0.4 is 5.73 Å². The Morgan fingerprint density at radius 2 is 2.25 bits per heavy atom. The van der Waals surface area contributed by atoms with Crippen LogP contribution in [0.25, 0.3) is 0 Å². The summed E-state index contributed by atoms with van der Waals surface area (Å²) in [6.45, 7) is 0.366. The molecule has 0 saturated heterocycles. The van der Waals surface area contributed by atoms with Gasteiger partial charge in [0.05, 0.1) is 6.54 Å². The molecule has 0 aliphatic carbocycles. The van der Waals surface area contributed by atoms with Gasteiger partial charge in [0.25, 0.3) is 0 Å². The number of anilines is 1. The Morgan fingerprint density at radius 3 is 2.75 bits per heavy atom. The molecule has 2 aromatic heterocycles. The molecular formula is C9H10ClN3O3. The van der Waals surface area contributed by atoms with Gasteiger partial charge in [0.15, 0.2) is 0 Å². The molecule has 2 aromatic rings. The van der Waals surface area contributed by atoms with Crippen molar-refractivity contribution in [3.8, 4) is 0 Å². The molecular weight excluding hydrogens is 234 g/mol. The summed E-state index contributed by atoms with van der Waals surface area (Å²) in [4.78, 5) is 10.5. The van der Waals surface area contributed by atoms with Crippen molar-refractivity contribution in [2.24, 2.45) is 0 Å². The van der Waals surface area contributed by atoms with Gasteiger partial charge in [-0.25, -0.2) is 4.79 Å². The summed E-state index contributed by atoms with van der Waals surface area (Å²) >= 11 is 0. The SMILES string of the molecule is Cl.Nc1ccn(Cc2ccc(C(=O)O)o2)n1. The summed E-state index contributed by atoms with van der Waals surface area (Å²) in [5.74, 6) is -0.220. The summed E-state index contributed by atoms with van der Waals surface area (Å²) < 4.78 is 6.63. The molecule has 0 aliphatic rings. The normalized spacial score (nSPS) is 9.75. The molecule has 2 heterocycles. The molecule has 0 radical (unpaired) electrons. The second-order valence-electron chi connectivity index (χ2n) is 3.01. The Bertz CT molecular complexity index is 492. The summed E-state index contributed by atoms with van der Waals surface area (Å²) in [6, 6.07) is 4.66. The minimum Gasteiger partial charge on any atom is -0.475 e. The van der Waals surface area contributed by atoms with Crippen LogP contribution in [0.5, 0.6) is 0 Å². The van der Waals surface area contributed by atoms with Crippen LogP contribution in [0.3, 0.4) is 0 Å². The molecule has 0 aliphatic heterocycles. The number of nitrogens with zero attached hydrogens (tertiary/aromatic N) is 2. The molecule has 0 atom stereocenters. The molecule has 0 unspecified atom stereocenters. The van der Waals surface area contributed by atoms with E-state index in [4.69, 9.17) is 15.3 Å². The molecule has 2 rings (SSSR count). The number of carboxylic acid groups (broad SMARTS) is 1. The Kier molecular flexibility index (Phi) is 3.57. The van der Waals surface area contributed by atoms with Crippen LogP contribution in [0.15, 0.2) is 28.8 Å². The highest BCUT2D eigenvalue weighted by Crippen LogP contribution is 2.09. The van der Waals surface area contributed by atoms with Gasteiger partial charge < -0.3 is 15.3 Å². The summed E-state index contributed by atoms with van der Waals surface area (Å²) in [5, 5.41) is 12.6. The van der Waals surface area contributed by atoms with E-state index in [0.717, 1.165) is 0 Å². The van der Waals surface area contributed by atoms with Gasteiger partial charge in [0.1, 0.15) is 11.6 Å². The fraction of sp³-hybridized carbons (Fsp3) is 0.111. The quantitative estimate of drug-likeness (QED) is 0.845. The number of nitrogen functional groups attached to an aromatic ring is 1. The number of carbonyl (C=O) groups is 1. The number of nitrogens with two attached hydrogens (primary N) is 1. The smallest absolute Gasteiger partial charge is 0.371 e. The van der Waals surface area contributed by atoms with Crippen LogP contribution in [0.4, 0.5) is 5.82 Å². The lowest BCUT2D eigenvalue weighted by molar-refractivity contribution is 0.0660. The molecule has 86 valence electrons. The number of hydrogen-bond acceptors (Lipinski definition) is 4. The van der Waals surface area contributed by atoms with Gasteiger partial charge in [-0.15, -0.1) is 12.4 Å². The highest BCUT2D eigenvalue weighted by atomic mass is 35.5. The highest BCUT2D eigenvalue weighted by molar-refractivity contribution is 5.85. The molecule has 6 nitrogen and oxygen atoms in total. The van der Waals surface area contributed by atoms with E-state index in [1.807, 2.05) is 0 Å². The Balaban J connectivity index is 0.00000128. The monoisotopic (exact) mass is 243 g/mol.